The van der Waals surface area contributed by atoms with Crippen molar-refractivity contribution in [3.63, 3.8) is 0 Å². The van der Waals surface area contributed by atoms with Gasteiger partial charge >= 0.3 is 5.69 Å². The topological polar surface area (TPSA) is 116 Å². The van der Waals surface area contributed by atoms with Crippen molar-refractivity contribution in [1.82, 2.24) is 20.0 Å². The molecule has 1 aliphatic heterocycles. The normalized spacial score (nSPS) is 22.8. The molecule has 0 bridgehead atoms. The number of carbonyl (C=O) groups is 1. The molecule has 1 aromatic heterocycles. The monoisotopic (exact) mass is 311 g/mol. The second-order valence-electron chi connectivity index (χ2n) is 5.67. The van der Waals surface area contributed by atoms with E-state index in [9.17, 15) is 14.9 Å². The summed E-state index contributed by atoms with van der Waals surface area (Å²) in [4.78, 5) is 26.8. The van der Waals surface area contributed by atoms with Crippen LogP contribution in [0.25, 0.3) is 0 Å². The van der Waals surface area contributed by atoms with E-state index in [1.165, 1.54) is 6.92 Å². The summed E-state index contributed by atoms with van der Waals surface area (Å²) in [6.07, 6.45) is 0. The Morgan fingerprint density at radius 2 is 2.05 bits per heavy atom. The maximum atomic E-state index is 12.6. The van der Waals surface area contributed by atoms with Crippen LogP contribution >= 0.6 is 0 Å². The highest BCUT2D eigenvalue weighted by Crippen LogP contribution is 2.24. The Morgan fingerprint density at radius 1 is 1.45 bits per heavy atom. The highest BCUT2D eigenvalue weighted by atomic mass is 16.6. The van der Waals surface area contributed by atoms with E-state index < -0.39 is 10.8 Å². The molecule has 0 spiro atoms. The zero-order valence-electron chi connectivity index (χ0n) is 12.9. The van der Waals surface area contributed by atoms with E-state index in [0.717, 1.165) is 0 Å². The molecule has 1 saturated heterocycles. The van der Waals surface area contributed by atoms with Crippen LogP contribution < -0.4 is 0 Å². The van der Waals surface area contributed by atoms with Gasteiger partial charge in [0.1, 0.15) is 5.69 Å². The number of nitro groups is 1. The number of aryl methyl sites for hydroxylation is 1. The lowest BCUT2D eigenvalue weighted by molar-refractivity contribution is -0.385. The van der Waals surface area contributed by atoms with Crippen LogP contribution in [0.3, 0.4) is 0 Å². The number of nitrogens with one attached hydrogen (secondary N) is 1. The van der Waals surface area contributed by atoms with Gasteiger partial charge in [-0.15, -0.1) is 0 Å². The summed E-state index contributed by atoms with van der Waals surface area (Å²) in [6, 6.07) is 0.137. The summed E-state index contributed by atoms with van der Waals surface area (Å²) in [5, 5.41) is 26.5. The van der Waals surface area contributed by atoms with Gasteiger partial charge in [-0.05, 0) is 20.8 Å². The highest BCUT2D eigenvalue weighted by Gasteiger charge is 2.36. The first kappa shape index (κ1) is 16.4. The van der Waals surface area contributed by atoms with Gasteiger partial charge in [-0.25, -0.2) is 0 Å². The van der Waals surface area contributed by atoms with Crippen LogP contribution in [0.1, 0.15) is 30.0 Å². The fourth-order valence-corrected chi connectivity index (χ4v) is 3.02. The molecule has 2 heterocycles. The van der Waals surface area contributed by atoms with Crippen LogP contribution in [0.2, 0.25) is 0 Å². The van der Waals surface area contributed by atoms with Gasteiger partial charge in [-0.1, -0.05) is 0 Å². The lowest BCUT2D eigenvalue weighted by Gasteiger charge is -2.43. The fraction of sp³-hybridized carbons (Fsp3) is 0.692. The van der Waals surface area contributed by atoms with Crippen molar-refractivity contribution in [3.8, 4) is 0 Å². The average molecular weight is 311 g/mol. The SMILES string of the molecule is Cc1[nH]nc(C(=O)N2C[C@@H](C)N(CCO)[C@@H](C)C2)c1[N+](=O)[O-]. The van der Waals surface area contributed by atoms with Crippen molar-refractivity contribution in [2.75, 3.05) is 26.2 Å². The maximum absolute atomic E-state index is 12.6. The molecule has 1 aromatic rings. The predicted octanol–water partition coefficient (Wildman–Crippen LogP) is 0.153. The van der Waals surface area contributed by atoms with Crippen molar-refractivity contribution in [3.05, 3.63) is 21.5 Å². The molecule has 0 radical (unpaired) electrons. The number of hydrogen-bond donors (Lipinski definition) is 2. The van der Waals surface area contributed by atoms with Gasteiger partial charge in [0, 0.05) is 31.7 Å². The van der Waals surface area contributed by atoms with Gasteiger partial charge in [0.25, 0.3) is 5.91 Å². The molecule has 0 aromatic carbocycles. The molecule has 22 heavy (non-hydrogen) atoms. The molecule has 122 valence electrons. The fourth-order valence-electron chi connectivity index (χ4n) is 3.02. The molecule has 1 amide bonds. The standard InChI is InChI=1S/C13H21N5O4/c1-8-6-16(7-9(2)17(8)4-5-19)13(20)11-12(18(21)22)10(3)14-15-11/h8-9,19H,4-7H2,1-3H3,(H,14,15)/t8-,9+. The zero-order chi connectivity index (χ0) is 16.4. The number of rotatable bonds is 4. The molecule has 2 rings (SSSR count). The number of aliphatic hydroxyl groups is 1. The van der Waals surface area contributed by atoms with E-state index in [-0.39, 0.29) is 35.8 Å². The van der Waals surface area contributed by atoms with Crippen LogP contribution in [0, 0.1) is 17.0 Å². The first-order valence-corrected chi connectivity index (χ1v) is 7.22. The van der Waals surface area contributed by atoms with E-state index in [4.69, 9.17) is 5.11 Å². The number of aliphatic hydroxyl groups excluding tert-OH is 1. The number of aromatic nitrogens is 2. The minimum Gasteiger partial charge on any atom is -0.395 e. The Labute approximate surface area is 128 Å². The second-order valence-corrected chi connectivity index (χ2v) is 5.67. The van der Waals surface area contributed by atoms with Crippen molar-refractivity contribution in [1.29, 1.82) is 0 Å². The molecule has 2 N–H and O–H groups in total. The summed E-state index contributed by atoms with van der Waals surface area (Å²) in [5.41, 5.74) is -0.131. The summed E-state index contributed by atoms with van der Waals surface area (Å²) < 4.78 is 0. The van der Waals surface area contributed by atoms with Crippen LogP contribution in [0.5, 0.6) is 0 Å². The summed E-state index contributed by atoms with van der Waals surface area (Å²) in [6.45, 7) is 6.97. The Kier molecular flexibility index (Phi) is 4.77. The second kappa shape index (κ2) is 6.41. The van der Waals surface area contributed by atoms with Crippen molar-refractivity contribution in [2.45, 2.75) is 32.9 Å². The number of hydrogen-bond acceptors (Lipinski definition) is 6. The maximum Gasteiger partial charge on any atom is 0.322 e. The largest absolute Gasteiger partial charge is 0.395 e. The van der Waals surface area contributed by atoms with Gasteiger partial charge in [-0.2, -0.15) is 5.10 Å². The minimum absolute atomic E-state index is 0.0622. The van der Waals surface area contributed by atoms with Crippen LogP contribution in [-0.4, -0.2) is 74.3 Å². The number of aromatic amines is 1. The van der Waals surface area contributed by atoms with Gasteiger partial charge < -0.3 is 10.0 Å². The molecule has 0 unspecified atom stereocenters. The molecule has 1 aliphatic rings. The first-order valence-electron chi connectivity index (χ1n) is 7.22. The molecule has 2 atom stereocenters. The molecular weight excluding hydrogens is 290 g/mol. The highest BCUT2D eigenvalue weighted by molar-refractivity contribution is 5.96. The number of nitrogens with zero attached hydrogens (tertiary/aromatic N) is 4. The third kappa shape index (κ3) is 2.95. The molecule has 0 saturated carbocycles. The quantitative estimate of drug-likeness (QED) is 0.604. The van der Waals surface area contributed by atoms with Gasteiger partial charge in [0.15, 0.2) is 0 Å². The van der Waals surface area contributed by atoms with Crippen LogP contribution in [0.15, 0.2) is 0 Å². The van der Waals surface area contributed by atoms with Crippen molar-refractivity contribution >= 4 is 11.6 Å². The van der Waals surface area contributed by atoms with E-state index in [1.807, 2.05) is 13.8 Å². The summed E-state index contributed by atoms with van der Waals surface area (Å²) >= 11 is 0. The van der Waals surface area contributed by atoms with Crippen LogP contribution in [-0.2, 0) is 0 Å². The van der Waals surface area contributed by atoms with E-state index in [0.29, 0.717) is 19.6 Å². The minimum atomic E-state index is -0.582. The lowest BCUT2D eigenvalue weighted by atomic mass is 10.1. The summed E-state index contributed by atoms with van der Waals surface area (Å²) in [7, 11) is 0. The summed E-state index contributed by atoms with van der Waals surface area (Å²) in [5.74, 6) is -0.432. The van der Waals surface area contributed by atoms with E-state index in [1.54, 1.807) is 4.90 Å². The van der Waals surface area contributed by atoms with Crippen LogP contribution in [0.4, 0.5) is 5.69 Å². The van der Waals surface area contributed by atoms with Gasteiger partial charge in [0.05, 0.1) is 11.5 Å². The average Bonchev–Trinajstić information content (AvgIpc) is 2.83. The molecule has 1 fully saturated rings. The first-order chi connectivity index (χ1) is 10.4. The third-order valence-corrected chi connectivity index (χ3v) is 4.05. The van der Waals surface area contributed by atoms with Crippen molar-refractivity contribution in [2.24, 2.45) is 0 Å². The Morgan fingerprint density at radius 3 is 2.55 bits per heavy atom. The number of amides is 1. The number of piperazine rings is 1. The molecular formula is C13H21N5O4. The molecule has 9 nitrogen and oxygen atoms in total. The Bertz CT molecular complexity index is 561. The van der Waals surface area contributed by atoms with Gasteiger partial charge in [-0.3, -0.25) is 24.9 Å². The zero-order valence-corrected chi connectivity index (χ0v) is 12.9. The number of carbonyl (C=O) groups excluding carboxylic acids is 1. The number of H-pyrrole nitrogens is 1. The lowest BCUT2D eigenvalue weighted by Crippen LogP contribution is -2.58. The Balaban J connectivity index is 2.20. The Hall–Kier alpha value is -2.00. The van der Waals surface area contributed by atoms with Gasteiger partial charge in [0.2, 0.25) is 5.69 Å². The third-order valence-electron chi connectivity index (χ3n) is 4.05. The smallest absolute Gasteiger partial charge is 0.322 e. The van der Waals surface area contributed by atoms with E-state index in [2.05, 4.69) is 15.1 Å². The number of β-amino-alcohol motifs (C(OH)–C–C–N with tert-alkyl or cyclic N) is 1. The predicted molar refractivity (Wildman–Crippen MR) is 78.6 cm³/mol. The van der Waals surface area contributed by atoms with E-state index >= 15 is 0 Å². The van der Waals surface area contributed by atoms with Crippen molar-refractivity contribution < 1.29 is 14.8 Å². The molecule has 0 aliphatic carbocycles. The molecule has 9 heteroatoms.